The molecule has 184 valence electrons. The molecule has 4 heterocycles. The molecule has 3 aliphatic heterocycles. The van der Waals surface area contributed by atoms with Crippen LogP contribution in [0.3, 0.4) is 0 Å². The SMILES string of the molecule is CCN1C(=O)/C(=C\c2ccc(Oc3nc(N4CCOCC4)nc(N4CCOCC4)n3)cc2)SC1=S. The number of hydrogen-bond acceptors (Lipinski definition) is 11. The minimum absolute atomic E-state index is 0.0562. The minimum atomic E-state index is -0.0562. The monoisotopic (exact) mass is 514 g/mol. The Balaban J connectivity index is 1.35. The number of carbonyl (C=O) groups excluding carboxylic acids is 1. The van der Waals surface area contributed by atoms with E-state index in [9.17, 15) is 4.79 Å². The average Bonchev–Trinajstić information content (AvgIpc) is 3.17. The first-order valence-corrected chi connectivity index (χ1v) is 12.8. The van der Waals surface area contributed by atoms with E-state index >= 15 is 0 Å². The fourth-order valence-electron chi connectivity index (χ4n) is 3.85. The summed E-state index contributed by atoms with van der Waals surface area (Å²) in [5.74, 6) is 1.69. The Labute approximate surface area is 213 Å². The average molecular weight is 515 g/mol. The van der Waals surface area contributed by atoms with E-state index in [-0.39, 0.29) is 11.9 Å². The van der Waals surface area contributed by atoms with E-state index in [1.54, 1.807) is 4.90 Å². The second-order valence-electron chi connectivity index (χ2n) is 8.01. The van der Waals surface area contributed by atoms with Crippen LogP contribution in [0.5, 0.6) is 11.8 Å². The lowest BCUT2D eigenvalue weighted by Crippen LogP contribution is -2.40. The number of amides is 1. The molecule has 0 spiro atoms. The molecule has 1 aromatic heterocycles. The Hall–Kier alpha value is -2.80. The summed E-state index contributed by atoms with van der Waals surface area (Å²) in [6.07, 6.45) is 1.84. The van der Waals surface area contributed by atoms with Gasteiger partial charge < -0.3 is 24.0 Å². The van der Waals surface area contributed by atoms with Crippen LogP contribution >= 0.6 is 24.0 Å². The Bertz CT molecular complexity index is 1080. The molecule has 0 unspecified atom stereocenters. The predicted octanol–water partition coefficient (Wildman–Crippen LogP) is 2.56. The van der Waals surface area contributed by atoms with Gasteiger partial charge in [-0.3, -0.25) is 9.69 Å². The number of aromatic nitrogens is 3. The van der Waals surface area contributed by atoms with Crippen molar-refractivity contribution in [2.75, 3.05) is 69.0 Å². The van der Waals surface area contributed by atoms with Gasteiger partial charge in [0.05, 0.1) is 31.3 Å². The maximum absolute atomic E-state index is 12.5. The number of carbonyl (C=O) groups is 1. The lowest BCUT2D eigenvalue weighted by atomic mass is 10.2. The van der Waals surface area contributed by atoms with Crippen LogP contribution in [0.15, 0.2) is 29.2 Å². The number of nitrogens with zero attached hydrogens (tertiary/aromatic N) is 6. The van der Waals surface area contributed by atoms with Gasteiger partial charge in [-0.25, -0.2) is 0 Å². The number of thioether (sulfide) groups is 1. The predicted molar refractivity (Wildman–Crippen MR) is 138 cm³/mol. The molecule has 0 bridgehead atoms. The van der Waals surface area contributed by atoms with Crippen molar-refractivity contribution in [1.29, 1.82) is 0 Å². The summed E-state index contributed by atoms with van der Waals surface area (Å²) in [7, 11) is 0. The van der Waals surface area contributed by atoms with Crippen LogP contribution < -0.4 is 14.5 Å². The van der Waals surface area contributed by atoms with Crippen LogP contribution in [-0.2, 0) is 14.3 Å². The van der Waals surface area contributed by atoms with Crippen molar-refractivity contribution in [2.45, 2.75) is 6.92 Å². The molecule has 0 atom stereocenters. The van der Waals surface area contributed by atoms with Crippen molar-refractivity contribution in [1.82, 2.24) is 19.9 Å². The van der Waals surface area contributed by atoms with E-state index in [1.807, 2.05) is 37.3 Å². The van der Waals surface area contributed by atoms with Crippen molar-refractivity contribution in [2.24, 2.45) is 0 Å². The highest BCUT2D eigenvalue weighted by Gasteiger charge is 2.30. The number of benzene rings is 1. The van der Waals surface area contributed by atoms with Crippen LogP contribution in [0.4, 0.5) is 11.9 Å². The maximum atomic E-state index is 12.5. The Morgan fingerprint density at radius 2 is 1.54 bits per heavy atom. The number of morpholine rings is 2. The summed E-state index contributed by atoms with van der Waals surface area (Å²) < 4.78 is 17.6. The Kier molecular flexibility index (Phi) is 7.42. The summed E-state index contributed by atoms with van der Waals surface area (Å²) in [6, 6.07) is 7.68. The van der Waals surface area contributed by atoms with Crippen LogP contribution in [-0.4, -0.2) is 89.2 Å². The molecule has 0 saturated carbocycles. The molecule has 12 heteroatoms. The van der Waals surface area contributed by atoms with E-state index in [0.717, 1.165) is 5.56 Å². The molecule has 0 radical (unpaired) electrons. The summed E-state index contributed by atoms with van der Waals surface area (Å²) in [5.41, 5.74) is 0.882. The maximum Gasteiger partial charge on any atom is 0.328 e. The quantitative estimate of drug-likeness (QED) is 0.421. The lowest BCUT2D eigenvalue weighted by molar-refractivity contribution is -0.121. The third-order valence-corrected chi connectivity index (χ3v) is 7.13. The fourth-order valence-corrected chi connectivity index (χ4v) is 5.24. The van der Waals surface area contributed by atoms with Crippen LogP contribution in [0, 0.1) is 0 Å². The smallest absolute Gasteiger partial charge is 0.328 e. The molecule has 0 aliphatic carbocycles. The van der Waals surface area contributed by atoms with Gasteiger partial charge in [-0.15, -0.1) is 0 Å². The molecule has 1 amide bonds. The van der Waals surface area contributed by atoms with Gasteiger partial charge in [-0.2, -0.15) is 15.0 Å². The number of thiocarbonyl (C=S) groups is 1. The highest BCUT2D eigenvalue weighted by Crippen LogP contribution is 2.32. The van der Waals surface area contributed by atoms with Crippen molar-refractivity contribution >= 4 is 52.2 Å². The first kappa shape index (κ1) is 23.9. The topological polar surface area (TPSA) is 93.2 Å². The zero-order valence-corrected chi connectivity index (χ0v) is 21.0. The van der Waals surface area contributed by atoms with Crippen LogP contribution in [0.2, 0.25) is 0 Å². The van der Waals surface area contributed by atoms with E-state index < -0.39 is 0 Å². The van der Waals surface area contributed by atoms with Gasteiger partial charge >= 0.3 is 6.01 Å². The number of likely N-dealkylation sites (N-methyl/N-ethyl adjacent to an activating group) is 1. The van der Waals surface area contributed by atoms with Crippen molar-refractivity contribution in [3.63, 3.8) is 0 Å². The second-order valence-corrected chi connectivity index (χ2v) is 9.69. The molecule has 10 nitrogen and oxygen atoms in total. The first-order chi connectivity index (χ1) is 17.1. The molecule has 3 saturated heterocycles. The minimum Gasteiger partial charge on any atom is -0.424 e. The zero-order chi connectivity index (χ0) is 24.2. The van der Waals surface area contributed by atoms with E-state index in [2.05, 4.69) is 19.8 Å². The van der Waals surface area contributed by atoms with E-state index in [4.69, 9.17) is 31.4 Å². The molecule has 5 rings (SSSR count). The number of ether oxygens (including phenoxy) is 3. The largest absolute Gasteiger partial charge is 0.424 e. The fraction of sp³-hybridized carbons (Fsp3) is 0.435. The molecule has 35 heavy (non-hydrogen) atoms. The molecule has 1 aromatic carbocycles. The summed E-state index contributed by atoms with van der Waals surface area (Å²) >= 11 is 6.61. The van der Waals surface area contributed by atoms with Crippen LogP contribution in [0.1, 0.15) is 12.5 Å². The number of anilines is 2. The summed E-state index contributed by atoms with van der Waals surface area (Å²) in [6.45, 7) is 7.86. The highest BCUT2D eigenvalue weighted by atomic mass is 32.2. The molecular formula is C23H26N6O4S2. The number of hydrogen-bond donors (Lipinski definition) is 0. The summed E-state index contributed by atoms with van der Waals surface area (Å²) in [4.78, 5) is 32.7. The normalized spacial score (nSPS) is 20.1. The molecule has 3 aliphatic rings. The molecule has 2 aromatic rings. The van der Waals surface area contributed by atoms with E-state index in [0.29, 0.717) is 86.0 Å². The van der Waals surface area contributed by atoms with Gasteiger partial charge in [0.2, 0.25) is 11.9 Å². The van der Waals surface area contributed by atoms with Gasteiger partial charge in [0, 0.05) is 32.7 Å². The van der Waals surface area contributed by atoms with Crippen molar-refractivity contribution in [3.05, 3.63) is 34.7 Å². The molecular weight excluding hydrogens is 488 g/mol. The van der Waals surface area contributed by atoms with Crippen molar-refractivity contribution < 1.29 is 19.0 Å². The highest BCUT2D eigenvalue weighted by molar-refractivity contribution is 8.26. The summed E-state index contributed by atoms with van der Waals surface area (Å²) in [5, 5.41) is 0. The van der Waals surface area contributed by atoms with Gasteiger partial charge in [0.25, 0.3) is 5.91 Å². The molecule has 0 N–H and O–H groups in total. The van der Waals surface area contributed by atoms with Gasteiger partial charge in [-0.1, -0.05) is 36.1 Å². The third-order valence-electron chi connectivity index (χ3n) is 5.76. The van der Waals surface area contributed by atoms with E-state index in [1.165, 1.54) is 11.8 Å². The molecule has 3 fully saturated rings. The van der Waals surface area contributed by atoms with Gasteiger partial charge in [-0.05, 0) is 30.7 Å². The van der Waals surface area contributed by atoms with Gasteiger partial charge in [0.15, 0.2) is 0 Å². The number of rotatable bonds is 6. The van der Waals surface area contributed by atoms with Crippen LogP contribution in [0.25, 0.3) is 6.08 Å². The Morgan fingerprint density at radius 3 is 2.06 bits per heavy atom. The Morgan fingerprint density at radius 1 is 0.971 bits per heavy atom. The second kappa shape index (κ2) is 10.9. The third kappa shape index (κ3) is 5.56. The lowest BCUT2D eigenvalue weighted by Gasteiger charge is -2.30. The first-order valence-electron chi connectivity index (χ1n) is 11.6. The van der Waals surface area contributed by atoms with Gasteiger partial charge in [0.1, 0.15) is 10.1 Å². The standard InChI is InChI=1S/C23H26N6O4S2/c1-2-29-19(30)18(35-23(29)34)15-16-3-5-17(6-4-16)33-22-25-20(27-7-11-31-12-8-27)24-21(26-22)28-9-13-32-14-10-28/h3-6,15H,2,7-14H2,1H3/b18-15+. The van der Waals surface area contributed by atoms with Crippen molar-refractivity contribution in [3.8, 4) is 11.8 Å². The zero-order valence-electron chi connectivity index (χ0n) is 19.4.